The Hall–Kier alpha value is -0.700. The molecule has 4 fully saturated rings. The smallest absolute Gasteiger partial charge is 0.136 e. The Morgan fingerprint density at radius 1 is 1.08 bits per heavy atom. The second-order valence-electron chi connectivity index (χ2n) is 9.84. The Labute approximate surface area is 145 Å². The van der Waals surface area contributed by atoms with E-state index in [1.54, 1.807) is 6.92 Å². The maximum Gasteiger partial charge on any atom is 0.136 e. The summed E-state index contributed by atoms with van der Waals surface area (Å²) in [4.78, 5) is 24.2. The van der Waals surface area contributed by atoms with Crippen LogP contribution in [0.3, 0.4) is 0 Å². The minimum absolute atomic E-state index is 0.0138. The van der Waals surface area contributed by atoms with Gasteiger partial charge >= 0.3 is 0 Å². The van der Waals surface area contributed by atoms with Crippen molar-refractivity contribution in [3.8, 4) is 0 Å². The summed E-state index contributed by atoms with van der Waals surface area (Å²) >= 11 is 0. The second-order valence-corrected chi connectivity index (χ2v) is 9.84. The van der Waals surface area contributed by atoms with Gasteiger partial charge in [-0.2, -0.15) is 0 Å². The van der Waals surface area contributed by atoms with Gasteiger partial charge in [-0.3, -0.25) is 9.59 Å². The molecule has 0 heterocycles. The van der Waals surface area contributed by atoms with E-state index >= 15 is 0 Å². The zero-order valence-corrected chi connectivity index (χ0v) is 15.4. The molecule has 0 radical (unpaired) electrons. The van der Waals surface area contributed by atoms with Crippen LogP contribution in [0.4, 0.5) is 0 Å². The number of fused-ring (bicyclic) bond motifs is 5. The highest BCUT2D eigenvalue weighted by atomic mass is 16.3. The Kier molecular flexibility index (Phi) is 3.77. The lowest BCUT2D eigenvalue weighted by atomic mass is 9.44. The fourth-order valence-corrected chi connectivity index (χ4v) is 7.79. The molecule has 0 aromatic rings. The first kappa shape index (κ1) is 16.8. The number of aliphatic hydroxyl groups excluding tert-OH is 1. The lowest BCUT2D eigenvalue weighted by Crippen LogP contribution is -2.54. The summed E-state index contributed by atoms with van der Waals surface area (Å²) in [6, 6.07) is 0. The van der Waals surface area contributed by atoms with Crippen molar-refractivity contribution < 1.29 is 14.7 Å². The van der Waals surface area contributed by atoms with E-state index in [-0.39, 0.29) is 17.1 Å². The quantitative estimate of drug-likeness (QED) is 0.795. The van der Waals surface area contributed by atoms with Gasteiger partial charge in [0.2, 0.25) is 0 Å². The van der Waals surface area contributed by atoms with Gasteiger partial charge in [0.15, 0.2) is 0 Å². The molecule has 8 unspecified atom stereocenters. The zero-order valence-electron chi connectivity index (χ0n) is 15.4. The molecule has 3 heteroatoms. The van der Waals surface area contributed by atoms with Crippen LogP contribution in [0.5, 0.6) is 0 Å². The van der Waals surface area contributed by atoms with Crippen molar-refractivity contribution in [2.45, 2.75) is 78.2 Å². The van der Waals surface area contributed by atoms with Gasteiger partial charge in [-0.1, -0.05) is 13.8 Å². The lowest BCUT2D eigenvalue weighted by Gasteiger charge is -2.60. The van der Waals surface area contributed by atoms with Crippen LogP contribution in [0.1, 0.15) is 72.1 Å². The largest absolute Gasteiger partial charge is 0.392 e. The highest BCUT2D eigenvalue weighted by molar-refractivity contribution is 5.80. The Balaban J connectivity index is 1.65. The zero-order chi connectivity index (χ0) is 17.3. The summed E-state index contributed by atoms with van der Waals surface area (Å²) in [5, 5.41) is 10.6. The first-order valence-corrected chi connectivity index (χ1v) is 9.97. The number of rotatable bonds is 1. The topological polar surface area (TPSA) is 54.4 Å². The van der Waals surface area contributed by atoms with E-state index in [1.165, 1.54) is 12.8 Å². The average molecular weight is 332 g/mol. The van der Waals surface area contributed by atoms with Gasteiger partial charge in [-0.15, -0.1) is 0 Å². The minimum Gasteiger partial charge on any atom is -0.392 e. The van der Waals surface area contributed by atoms with E-state index in [0.717, 1.165) is 38.5 Å². The molecule has 4 aliphatic carbocycles. The first-order valence-electron chi connectivity index (χ1n) is 9.97. The van der Waals surface area contributed by atoms with Crippen LogP contribution in [-0.2, 0) is 9.59 Å². The highest BCUT2D eigenvalue weighted by Crippen LogP contribution is 2.67. The number of ketones is 2. The van der Waals surface area contributed by atoms with Crippen LogP contribution in [0.15, 0.2) is 0 Å². The first-order chi connectivity index (χ1) is 11.3. The monoisotopic (exact) mass is 332 g/mol. The molecule has 24 heavy (non-hydrogen) atoms. The number of carbonyl (C=O) groups is 2. The fraction of sp³-hybridized carbons (Fsp3) is 0.905. The van der Waals surface area contributed by atoms with Gasteiger partial charge in [-0.25, -0.2) is 0 Å². The molecule has 4 saturated carbocycles. The molecule has 4 aliphatic rings. The van der Waals surface area contributed by atoms with Gasteiger partial charge < -0.3 is 5.11 Å². The molecule has 0 bridgehead atoms. The van der Waals surface area contributed by atoms with Crippen molar-refractivity contribution in [2.24, 2.45) is 40.4 Å². The van der Waals surface area contributed by atoms with E-state index < -0.39 is 6.10 Å². The van der Waals surface area contributed by atoms with Crippen LogP contribution < -0.4 is 0 Å². The molecule has 0 aromatic heterocycles. The number of aliphatic hydroxyl groups is 1. The molecule has 0 amide bonds. The molecular weight excluding hydrogens is 300 g/mol. The van der Waals surface area contributed by atoms with Gasteiger partial charge in [0.1, 0.15) is 11.6 Å². The minimum atomic E-state index is -0.449. The number of hydrogen-bond donors (Lipinski definition) is 1. The normalized spacial score (nSPS) is 53.9. The van der Waals surface area contributed by atoms with Crippen molar-refractivity contribution >= 4 is 11.6 Å². The summed E-state index contributed by atoms with van der Waals surface area (Å²) in [7, 11) is 0. The standard InChI is InChI=1S/C21H32O3/c1-12(22)19-18(24)11-17-15-5-4-13-10-14(23)6-8-20(13,2)16(15)7-9-21(17,19)3/h13,15-19,24H,4-11H2,1-3H3. The van der Waals surface area contributed by atoms with Crippen molar-refractivity contribution in [1.82, 2.24) is 0 Å². The molecule has 0 saturated heterocycles. The van der Waals surface area contributed by atoms with Crippen molar-refractivity contribution in [2.75, 3.05) is 0 Å². The maximum absolute atomic E-state index is 12.2. The van der Waals surface area contributed by atoms with Crippen molar-refractivity contribution in [3.05, 3.63) is 0 Å². The van der Waals surface area contributed by atoms with Crippen LogP contribution in [0.2, 0.25) is 0 Å². The Bertz CT molecular complexity index is 569. The lowest BCUT2D eigenvalue weighted by molar-refractivity contribution is -0.144. The summed E-state index contributed by atoms with van der Waals surface area (Å²) in [5.41, 5.74) is 0.289. The summed E-state index contributed by atoms with van der Waals surface area (Å²) in [5.74, 6) is 2.84. The van der Waals surface area contributed by atoms with Gasteiger partial charge in [0.05, 0.1) is 6.10 Å². The highest BCUT2D eigenvalue weighted by Gasteiger charge is 2.62. The molecule has 8 atom stereocenters. The molecular formula is C21H32O3. The fourth-order valence-electron chi connectivity index (χ4n) is 7.79. The molecule has 0 aromatic carbocycles. The third kappa shape index (κ3) is 2.12. The predicted molar refractivity (Wildman–Crippen MR) is 92.3 cm³/mol. The Morgan fingerprint density at radius 2 is 1.83 bits per heavy atom. The average Bonchev–Trinajstić information content (AvgIpc) is 2.78. The maximum atomic E-state index is 12.2. The third-order valence-electron chi connectivity index (χ3n) is 8.95. The van der Waals surface area contributed by atoms with Crippen molar-refractivity contribution in [1.29, 1.82) is 0 Å². The van der Waals surface area contributed by atoms with Gasteiger partial charge in [0, 0.05) is 18.8 Å². The van der Waals surface area contributed by atoms with Crippen LogP contribution in [0.25, 0.3) is 0 Å². The van der Waals surface area contributed by atoms with E-state index in [4.69, 9.17) is 0 Å². The van der Waals surface area contributed by atoms with Crippen LogP contribution in [0, 0.1) is 40.4 Å². The SMILES string of the molecule is CC(=O)C1C(O)CC2C3CCC4CC(=O)CCC4(C)C3CCC21C. The number of hydrogen-bond acceptors (Lipinski definition) is 3. The molecule has 134 valence electrons. The molecule has 0 spiro atoms. The third-order valence-corrected chi connectivity index (χ3v) is 8.95. The van der Waals surface area contributed by atoms with E-state index in [0.29, 0.717) is 34.9 Å². The predicted octanol–water partition coefficient (Wildman–Crippen LogP) is 3.77. The van der Waals surface area contributed by atoms with Crippen LogP contribution >= 0.6 is 0 Å². The number of Topliss-reactive ketones (excluding diaryl/α,β-unsaturated/α-hetero) is 2. The van der Waals surface area contributed by atoms with Crippen LogP contribution in [-0.4, -0.2) is 22.8 Å². The molecule has 4 rings (SSSR count). The Morgan fingerprint density at radius 3 is 2.54 bits per heavy atom. The van der Waals surface area contributed by atoms with E-state index in [1.807, 2.05) is 0 Å². The summed E-state index contributed by atoms with van der Waals surface area (Å²) in [6.45, 7) is 6.38. The molecule has 0 aliphatic heterocycles. The number of carbonyl (C=O) groups excluding carboxylic acids is 2. The summed E-state index contributed by atoms with van der Waals surface area (Å²) < 4.78 is 0. The second kappa shape index (κ2) is 5.40. The van der Waals surface area contributed by atoms with E-state index in [2.05, 4.69) is 13.8 Å². The van der Waals surface area contributed by atoms with E-state index in [9.17, 15) is 14.7 Å². The molecule has 3 nitrogen and oxygen atoms in total. The van der Waals surface area contributed by atoms with Crippen molar-refractivity contribution in [3.63, 3.8) is 0 Å². The van der Waals surface area contributed by atoms with Gasteiger partial charge in [-0.05, 0) is 80.0 Å². The summed E-state index contributed by atoms with van der Waals surface area (Å²) in [6.07, 6.45) is 7.56. The molecule has 1 N–H and O–H groups in total. The van der Waals surface area contributed by atoms with Gasteiger partial charge in [0.25, 0.3) is 0 Å².